The topological polar surface area (TPSA) is 62.5 Å². The lowest BCUT2D eigenvalue weighted by Gasteiger charge is -2.24. The molecule has 1 aromatic rings. The van der Waals surface area contributed by atoms with E-state index in [2.05, 4.69) is 5.32 Å². The van der Waals surface area contributed by atoms with Crippen molar-refractivity contribution in [2.45, 2.75) is 45.3 Å². The molecule has 0 bridgehead atoms. The predicted octanol–water partition coefficient (Wildman–Crippen LogP) is 1.76. The van der Waals surface area contributed by atoms with Crippen LogP contribution in [0.25, 0.3) is 0 Å². The van der Waals surface area contributed by atoms with Crippen LogP contribution < -0.4 is 5.32 Å². The number of furan rings is 1. The van der Waals surface area contributed by atoms with Gasteiger partial charge < -0.3 is 14.8 Å². The molecular weight excluding hydrogens is 218 g/mol. The smallest absolute Gasteiger partial charge is 0.223 e. The number of carbonyl (C=O) groups is 1. The number of carbonyl (C=O) groups excluding carboxylic acids is 1. The maximum Gasteiger partial charge on any atom is 0.223 e. The van der Waals surface area contributed by atoms with Crippen LogP contribution in [-0.2, 0) is 11.3 Å². The van der Waals surface area contributed by atoms with Crippen molar-refractivity contribution < 1.29 is 14.3 Å². The fourth-order valence-electron chi connectivity index (χ4n) is 2.24. The van der Waals surface area contributed by atoms with E-state index in [1.54, 1.807) is 0 Å². The Hall–Kier alpha value is -1.29. The Kier molecular flexibility index (Phi) is 3.84. The molecule has 1 saturated carbocycles. The van der Waals surface area contributed by atoms with Crippen molar-refractivity contribution >= 4 is 5.91 Å². The van der Waals surface area contributed by atoms with Crippen LogP contribution >= 0.6 is 0 Å². The summed E-state index contributed by atoms with van der Waals surface area (Å²) in [7, 11) is 0. The third kappa shape index (κ3) is 3.33. The zero-order valence-electron chi connectivity index (χ0n) is 10.1. The second-order valence-corrected chi connectivity index (χ2v) is 4.74. The SMILES string of the molecule is Cc1ccc(CNC(=O)C2CCC(O)CC2)o1. The number of nitrogens with one attached hydrogen (secondary N) is 1. The zero-order valence-corrected chi connectivity index (χ0v) is 10.1. The Balaban J connectivity index is 1.77. The number of amides is 1. The first-order chi connectivity index (χ1) is 8.15. The fraction of sp³-hybridized carbons (Fsp3) is 0.615. The molecule has 1 aromatic heterocycles. The van der Waals surface area contributed by atoms with Crippen LogP contribution in [0, 0.1) is 12.8 Å². The third-order valence-electron chi connectivity index (χ3n) is 3.30. The van der Waals surface area contributed by atoms with Crippen LogP contribution in [0.5, 0.6) is 0 Å². The number of rotatable bonds is 3. The molecule has 2 rings (SSSR count). The van der Waals surface area contributed by atoms with Crippen molar-refractivity contribution in [3.05, 3.63) is 23.7 Å². The highest BCUT2D eigenvalue weighted by atomic mass is 16.3. The number of hydrogen-bond donors (Lipinski definition) is 2. The highest BCUT2D eigenvalue weighted by Crippen LogP contribution is 2.24. The Morgan fingerprint density at radius 1 is 1.41 bits per heavy atom. The summed E-state index contributed by atoms with van der Waals surface area (Å²) in [6.07, 6.45) is 2.82. The van der Waals surface area contributed by atoms with Gasteiger partial charge in [0.25, 0.3) is 0 Å². The molecule has 4 heteroatoms. The van der Waals surface area contributed by atoms with E-state index in [1.807, 2.05) is 19.1 Å². The first kappa shape index (κ1) is 12.2. The average Bonchev–Trinajstić information content (AvgIpc) is 2.73. The lowest BCUT2D eigenvalue weighted by atomic mass is 9.87. The van der Waals surface area contributed by atoms with Gasteiger partial charge in [-0.2, -0.15) is 0 Å². The number of aryl methyl sites for hydroxylation is 1. The van der Waals surface area contributed by atoms with Gasteiger partial charge in [-0.3, -0.25) is 4.79 Å². The van der Waals surface area contributed by atoms with Gasteiger partial charge in [-0.05, 0) is 44.7 Å². The van der Waals surface area contributed by atoms with Crippen molar-refractivity contribution in [1.29, 1.82) is 0 Å². The number of hydrogen-bond acceptors (Lipinski definition) is 3. The van der Waals surface area contributed by atoms with Crippen LogP contribution in [0.2, 0.25) is 0 Å². The summed E-state index contributed by atoms with van der Waals surface area (Å²) in [5.74, 6) is 1.77. The Morgan fingerprint density at radius 2 is 2.12 bits per heavy atom. The molecule has 0 radical (unpaired) electrons. The van der Waals surface area contributed by atoms with Gasteiger partial charge in [-0.25, -0.2) is 0 Å². The summed E-state index contributed by atoms with van der Waals surface area (Å²) in [6, 6.07) is 3.76. The van der Waals surface area contributed by atoms with Gasteiger partial charge in [0.15, 0.2) is 0 Å². The molecule has 0 atom stereocenters. The molecule has 0 aliphatic heterocycles. The highest BCUT2D eigenvalue weighted by molar-refractivity contribution is 5.78. The van der Waals surface area contributed by atoms with Crippen molar-refractivity contribution in [1.82, 2.24) is 5.32 Å². The minimum Gasteiger partial charge on any atom is -0.465 e. The molecule has 1 heterocycles. The Labute approximate surface area is 101 Å². The molecule has 0 unspecified atom stereocenters. The quantitative estimate of drug-likeness (QED) is 0.842. The molecule has 1 fully saturated rings. The zero-order chi connectivity index (χ0) is 12.3. The van der Waals surface area contributed by atoms with E-state index >= 15 is 0 Å². The molecule has 2 N–H and O–H groups in total. The molecular formula is C13H19NO3. The maximum atomic E-state index is 11.9. The summed E-state index contributed by atoms with van der Waals surface area (Å²) < 4.78 is 5.38. The molecule has 1 amide bonds. The van der Waals surface area contributed by atoms with Crippen LogP contribution in [0.3, 0.4) is 0 Å². The molecule has 0 aromatic carbocycles. The van der Waals surface area contributed by atoms with Gasteiger partial charge in [0.05, 0.1) is 12.6 Å². The summed E-state index contributed by atoms with van der Waals surface area (Å²) >= 11 is 0. The highest BCUT2D eigenvalue weighted by Gasteiger charge is 2.24. The fourth-order valence-corrected chi connectivity index (χ4v) is 2.24. The molecule has 17 heavy (non-hydrogen) atoms. The minimum absolute atomic E-state index is 0.0504. The van der Waals surface area contributed by atoms with Gasteiger partial charge in [0.2, 0.25) is 5.91 Å². The van der Waals surface area contributed by atoms with E-state index in [4.69, 9.17) is 4.42 Å². The van der Waals surface area contributed by atoms with Gasteiger partial charge in [0, 0.05) is 5.92 Å². The van der Waals surface area contributed by atoms with E-state index in [9.17, 15) is 9.90 Å². The number of aliphatic hydroxyl groups is 1. The van der Waals surface area contributed by atoms with Gasteiger partial charge in [0.1, 0.15) is 11.5 Å². The van der Waals surface area contributed by atoms with E-state index in [0.717, 1.165) is 37.2 Å². The molecule has 0 spiro atoms. The van der Waals surface area contributed by atoms with E-state index in [-0.39, 0.29) is 17.9 Å². The van der Waals surface area contributed by atoms with Crippen LogP contribution in [0.15, 0.2) is 16.5 Å². The van der Waals surface area contributed by atoms with E-state index < -0.39 is 0 Å². The number of aliphatic hydroxyl groups excluding tert-OH is 1. The van der Waals surface area contributed by atoms with Gasteiger partial charge in [-0.15, -0.1) is 0 Å². The third-order valence-corrected chi connectivity index (χ3v) is 3.30. The van der Waals surface area contributed by atoms with Crippen molar-refractivity contribution in [3.8, 4) is 0 Å². The normalized spacial score (nSPS) is 24.6. The summed E-state index contributed by atoms with van der Waals surface area (Å²) in [4.78, 5) is 11.9. The molecule has 1 aliphatic rings. The van der Waals surface area contributed by atoms with Crippen molar-refractivity contribution in [3.63, 3.8) is 0 Å². The van der Waals surface area contributed by atoms with Crippen molar-refractivity contribution in [2.75, 3.05) is 0 Å². The molecule has 4 nitrogen and oxygen atoms in total. The lowest BCUT2D eigenvalue weighted by Crippen LogP contribution is -2.33. The average molecular weight is 237 g/mol. The molecule has 94 valence electrons. The summed E-state index contributed by atoms with van der Waals surface area (Å²) in [5, 5.41) is 12.3. The lowest BCUT2D eigenvalue weighted by molar-refractivity contribution is -0.126. The summed E-state index contributed by atoms with van der Waals surface area (Å²) in [6.45, 7) is 2.33. The minimum atomic E-state index is -0.216. The monoisotopic (exact) mass is 237 g/mol. The van der Waals surface area contributed by atoms with Crippen LogP contribution in [0.1, 0.15) is 37.2 Å². The van der Waals surface area contributed by atoms with Crippen LogP contribution in [0.4, 0.5) is 0 Å². The van der Waals surface area contributed by atoms with Gasteiger partial charge >= 0.3 is 0 Å². The van der Waals surface area contributed by atoms with E-state index in [1.165, 1.54) is 0 Å². The Morgan fingerprint density at radius 3 is 2.71 bits per heavy atom. The predicted molar refractivity (Wildman–Crippen MR) is 63.3 cm³/mol. The second-order valence-electron chi connectivity index (χ2n) is 4.74. The maximum absolute atomic E-state index is 11.9. The second kappa shape index (κ2) is 5.36. The van der Waals surface area contributed by atoms with Gasteiger partial charge in [-0.1, -0.05) is 0 Å². The molecule has 1 aliphatic carbocycles. The summed E-state index contributed by atoms with van der Waals surface area (Å²) in [5.41, 5.74) is 0. The van der Waals surface area contributed by atoms with Crippen molar-refractivity contribution in [2.24, 2.45) is 5.92 Å². The largest absolute Gasteiger partial charge is 0.465 e. The standard InChI is InChI=1S/C13H19NO3/c1-9-2-7-12(17-9)8-14-13(16)10-3-5-11(15)6-4-10/h2,7,10-11,15H,3-6,8H2,1H3,(H,14,16). The first-order valence-corrected chi connectivity index (χ1v) is 6.16. The first-order valence-electron chi connectivity index (χ1n) is 6.16. The van der Waals surface area contributed by atoms with E-state index in [0.29, 0.717) is 6.54 Å². The Bertz CT molecular complexity index is 378. The molecule has 0 saturated heterocycles. The van der Waals surface area contributed by atoms with Crippen LogP contribution in [-0.4, -0.2) is 17.1 Å².